The van der Waals surface area contributed by atoms with Crippen LogP contribution in [0.5, 0.6) is 0 Å². The molecule has 0 spiro atoms. The molecule has 1 aliphatic heterocycles. The van der Waals surface area contributed by atoms with E-state index in [2.05, 4.69) is 0 Å². The number of ether oxygens (including phenoxy) is 1. The van der Waals surface area contributed by atoms with Crippen LogP contribution < -0.4 is 0 Å². The zero-order chi connectivity index (χ0) is 17.3. The highest BCUT2D eigenvalue weighted by atomic mass is 19.1. The number of aromatic nitrogens is 1. The maximum atomic E-state index is 13.1. The van der Waals surface area contributed by atoms with Crippen molar-refractivity contribution >= 4 is 11.9 Å². The summed E-state index contributed by atoms with van der Waals surface area (Å²) in [7, 11) is 1.75. The summed E-state index contributed by atoms with van der Waals surface area (Å²) < 4.78 is 19.9. The maximum Gasteiger partial charge on any atom is 0.334 e. The van der Waals surface area contributed by atoms with E-state index in [0.29, 0.717) is 12.2 Å². The van der Waals surface area contributed by atoms with Gasteiger partial charge in [-0.05, 0) is 42.0 Å². The van der Waals surface area contributed by atoms with Gasteiger partial charge in [0.1, 0.15) is 11.5 Å². The molecule has 0 aliphatic carbocycles. The van der Waals surface area contributed by atoms with Gasteiger partial charge < -0.3 is 19.3 Å². The minimum absolute atomic E-state index is 0.0191. The molecule has 1 aliphatic rings. The van der Waals surface area contributed by atoms with Crippen molar-refractivity contribution in [3.05, 3.63) is 47.9 Å². The Hall–Kier alpha value is -2.67. The van der Waals surface area contributed by atoms with Gasteiger partial charge in [-0.25, -0.2) is 9.18 Å². The molecule has 1 N–H and O–H groups in total. The van der Waals surface area contributed by atoms with Crippen molar-refractivity contribution in [3.8, 4) is 11.3 Å². The molecule has 1 saturated heterocycles. The third kappa shape index (κ3) is 3.03. The number of carboxylic acid groups (broad SMARTS) is 1. The van der Waals surface area contributed by atoms with Crippen molar-refractivity contribution in [2.24, 2.45) is 7.05 Å². The Bertz CT molecular complexity index is 769. The summed E-state index contributed by atoms with van der Waals surface area (Å²) >= 11 is 0. The molecule has 1 aromatic heterocycles. The molecule has 0 radical (unpaired) electrons. The van der Waals surface area contributed by atoms with Crippen LogP contribution in [-0.2, 0) is 16.6 Å². The van der Waals surface area contributed by atoms with Crippen LogP contribution in [0.3, 0.4) is 0 Å². The molecule has 2 aromatic rings. The summed E-state index contributed by atoms with van der Waals surface area (Å²) in [6, 6.07) is 9.50. The minimum atomic E-state index is -1.08. The Morgan fingerprint density at radius 1 is 1.21 bits per heavy atom. The number of aliphatic carboxylic acids is 1. The van der Waals surface area contributed by atoms with Gasteiger partial charge in [0.2, 0.25) is 0 Å². The van der Waals surface area contributed by atoms with Crippen molar-refractivity contribution in [1.82, 2.24) is 9.47 Å². The summed E-state index contributed by atoms with van der Waals surface area (Å²) in [6.07, 6.45) is -1.00. The molecule has 1 amide bonds. The quantitative estimate of drug-likeness (QED) is 0.930. The largest absolute Gasteiger partial charge is 0.479 e. The van der Waals surface area contributed by atoms with Gasteiger partial charge in [0.15, 0.2) is 6.10 Å². The highest BCUT2D eigenvalue weighted by Crippen LogP contribution is 2.23. The summed E-state index contributed by atoms with van der Waals surface area (Å²) in [5, 5.41) is 9.04. The second-order valence-electron chi connectivity index (χ2n) is 5.62. The van der Waals surface area contributed by atoms with Crippen LogP contribution in [0.2, 0.25) is 0 Å². The number of rotatable bonds is 3. The van der Waals surface area contributed by atoms with E-state index in [0.717, 1.165) is 11.3 Å². The van der Waals surface area contributed by atoms with Gasteiger partial charge in [-0.3, -0.25) is 4.79 Å². The van der Waals surface area contributed by atoms with Crippen molar-refractivity contribution in [1.29, 1.82) is 0 Å². The molecule has 3 rings (SSSR count). The summed E-state index contributed by atoms with van der Waals surface area (Å²) in [5.41, 5.74) is 2.02. The lowest BCUT2D eigenvalue weighted by Gasteiger charge is -2.31. The van der Waals surface area contributed by atoms with E-state index in [1.165, 1.54) is 17.0 Å². The second-order valence-corrected chi connectivity index (χ2v) is 5.62. The van der Waals surface area contributed by atoms with E-state index in [9.17, 15) is 14.0 Å². The van der Waals surface area contributed by atoms with Gasteiger partial charge in [0, 0.05) is 19.3 Å². The van der Waals surface area contributed by atoms with Gasteiger partial charge in [-0.15, -0.1) is 0 Å². The molecular formula is C17H17FN2O4. The Morgan fingerprint density at radius 3 is 2.58 bits per heavy atom. The molecular weight excluding hydrogens is 315 g/mol. The predicted octanol–water partition coefficient (Wildman–Crippen LogP) is 1.76. The fraction of sp³-hybridized carbons (Fsp3) is 0.294. The first kappa shape index (κ1) is 16.2. The fourth-order valence-corrected chi connectivity index (χ4v) is 2.78. The van der Waals surface area contributed by atoms with E-state index in [4.69, 9.17) is 9.84 Å². The summed E-state index contributed by atoms with van der Waals surface area (Å²) in [5.74, 6) is -1.65. The minimum Gasteiger partial charge on any atom is -0.479 e. The van der Waals surface area contributed by atoms with Crippen LogP contribution in [0.1, 0.15) is 10.5 Å². The molecule has 1 aromatic carbocycles. The molecule has 126 valence electrons. The number of carbonyl (C=O) groups excluding carboxylic acids is 1. The number of nitrogens with zero attached hydrogens (tertiary/aromatic N) is 2. The number of morpholine rings is 1. The molecule has 2 heterocycles. The normalized spacial score (nSPS) is 17.8. The average Bonchev–Trinajstić information content (AvgIpc) is 2.96. The fourth-order valence-electron chi connectivity index (χ4n) is 2.78. The van der Waals surface area contributed by atoms with E-state index in [1.54, 1.807) is 35.9 Å². The third-order valence-electron chi connectivity index (χ3n) is 4.11. The number of halogens is 1. The van der Waals surface area contributed by atoms with Crippen LogP contribution in [0.25, 0.3) is 11.3 Å². The van der Waals surface area contributed by atoms with Gasteiger partial charge >= 0.3 is 5.97 Å². The lowest BCUT2D eigenvalue weighted by Crippen LogP contribution is -2.48. The Balaban J connectivity index is 1.83. The van der Waals surface area contributed by atoms with Crippen molar-refractivity contribution < 1.29 is 23.8 Å². The van der Waals surface area contributed by atoms with E-state index < -0.39 is 12.1 Å². The van der Waals surface area contributed by atoms with Crippen LogP contribution in [0.4, 0.5) is 4.39 Å². The van der Waals surface area contributed by atoms with E-state index in [-0.39, 0.29) is 24.9 Å². The number of carbonyl (C=O) groups is 2. The molecule has 1 atom stereocenters. The predicted molar refractivity (Wildman–Crippen MR) is 84.1 cm³/mol. The molecule has 0 unspecified atom stereocenters. The maximum absolute atomic E-state index is 13.1. The molecule has 24 heavy (non-hydrogen) atoms. The second kappa shape index (κ2) is 6.45. The molecule has 0 saturated carbocycles. The number of amides is 1. The first-order valence-corrected chi connectivity index (χ1v) is 7.52. The molecule has 6 nitrogen and oxygen atoms in total. The zero-order valence-electron chi connectivity index (χ0n) is 13.1. The van der Waals surface area contributed by atoms with Gasteiger partial charge in [-0.2, -0.15) is 0 Å². The van der Waals surface area contributed by atoms with Crippen LogP contribution in [0, 0.1) is 5.82 Å². The SMILES string of the molecule is Cn1c(C(=O)N2CCO[C@@H](C(=O)O)C2)ccc1-c1ccc(F)cc1. The Labute approximate surface area is 138 Å². The standard InChI is InChI=1S/C17H17FN2O4/c1-19-13(11-2-4-12(18)5-3-11)6-7-14(19)16(21)20-8-9-24-15(10-20)17(22)23/h2-7,15H,8-10H2,1H3,(H,22,23)/t15-/m1/s1. The molecule has 0 bridgehead atoms. The highest BCUT2D eigenvalue weighted by molar-refractivity contribution is 5.94. The molecule has 7 heteroatoms. The van der Waals surface area contributed by atoms with Crippen molar-refractivity contribution in [2.75, 3.05) is 19.7 Å². The first-order valence-electron chi connectivity index (χ1n) is 7.52. The number of carboxylic acids is 1. The smallest absolute Gasteiger partial charge is 0.334 e. The summed E-state index contributed by atoms with van der Waals surface area (Å²) in [6.45, 7) is 0.558. The van der Waals surface area contributed by atoms with Gasteiger partial charge in [0.05, 0.1) is 13.2 Å². The zero-order valence-corrected chi connectivity index (χ0v) is 13.1. The van der Waals surface area contributed by atoms with Crippen molar-refractivity contribution in [3.63, 3.8) is 0 Å². The molecule has 1 fully saturated rings. The van der Waals surface area contributed by atoms with E-state index in [1.807, 2.05) is 0 Å². The third-order valence-corrected chi connectivity index (χ3v) is 4.11. The number of benzene rings is 1. The highest BCUT2D eigenvalue weighted by Gasteiger charge is 2.30. The number of hydrogen-bond donors (Lipinski definition) is 1. The average molecular weight is 332 g/mol. The Morgan fingerprint density at radius 2 is 1.92 bits per heavy atom. The lowest BCUT2D eigenvalue weighted by atomic mass is 10.1. The lowest BCUT2D eigenvalue weighted by molar-refractivity contribution is -0.154. The van der Waals surface area contributed by atoms with Crippen LogP contribution >= 0.6 is 0 Å². The topological polar surface area (TPSA) is 71.8 Å². The summed E-state index contributed by atoms with van der Waals surface area (Å²) in [4.78, 5) is 25.2. The first-order chi connectivity index (χ1) is 11.5. The number of hydrogen-bond acceptors (Lipinski definition) is 3. The van der Waals surface area contributed by atoms with Gasteiger partial charge in [0.25, 0.3) is 5.91 Å². The van der Waals surface area contributed by atoms with Crippen LogP contribution in [-0.4, -0.2) is 52.3 Å². The monoisotopic (exact) mass is 332 g/mol. The van der Waals surface area contributed by atoms with E-state index >= 15 is 0 Å². The van der Waals surface area contributed by atoms with Gasteiger partial charge in [-0.1, -0.05) is 0 Å². The van der Waals surface area contributed by atoms with Crippen LogP contribution in [0.15, 0.2) is 36.4 Å². The van der Waals surface area contributed by atoms with Crippen molar-refractivity contribution in [2.45, 2.75) is 6.10 Å². The Kier molecular flexibility index (Phi) is 4.35.